The van der Waals surface area contributed by atoms with Gasteiger partial charge in [0, 0.05) is 19.1 Å². The Morgan fingerprint density at radius 1 is 1.33 bits per heavy atom. The summed E-state index contributed by atoms with van der Waals surface area (Å²) in [6.45, 7) is 9.23. The summed E-state index contributed by atoms with van der Waals surface area (Å²) >= 11 is 0. The van der Waals surface area contributed by atoms with Gasteiger partial charge in [-0.2, -0.15) is 0 Å². The van der Waals surface area contributed by atoms with Gasteiger partial charge in [0.15, 0.2) is 6.10 Å². The first-order chi connectivity index (χ1) is 10.1. The summed E-state index contributed by atoms with van der Waals surface area (Å²) in [6.07, 6.45) is 1.59. The van der Waals surface area contributed by atoms with Gasteiger partial charge < -0.3 is 15.0 Å². The van der Waals surface area contributed by atoms with Crippen molar-refractivity contribution in [1.82, 2.24) is 10.2 Å². The number of nitrogens with zero attached hydrogens (tertiary/aromatic N) is 1. The average molecular weight is 290 g/mol. The third kappa shape index (κ3) is 4.74. The van der Waals surface area contributed by atoms with E-state index in [1.54, 1.807) is 6.92 Å². The molecule has 4 nitrogen and oxygen atoms in total. The summed E-state index contributed by atoms with van der Waals surface area (Å²) < 4.78 is 5.69. The Morgan fingerprint density at radius 3 is 2.52 bits per heavy atom. The van der Waals surface area contributed by atoms with Crippen LogP contribution in [0, 0.1) is 6.92 Å². The van der Waals surface area contributed by atoms with Crippen LogP contribution in [-0.4, -0.2) is 42.6 Å². The van der Waals surface area contributed by atoms with Crippen LogP contribution in [0.4, 0.5) is 0 Å². The van der Waals surface area contributed by atoms with E-state index in [9.17, 15) is 4.79 Å². The number of aryl methyl sites for hydroxylation is 1. The van der Waals surface area contributed by atoms with Crippen molar-refractivity contribution < 1.29 is 9.53 Å². The predicted octanol–water partition coefficient (Wildman–Crippen LogP) is 2.36. The molecule has 1 aromatic carbocycles. The maximum absolute atomic E-state index is 12.2. The maximum Gasteiger partial charge on any atom is 0.260 e. The zero-order valence-corrected chi connectivity index (χ0v) is 13.3. The minimum absolute atomic E-state index is 0.0227. The number of carbonyl (C=O) groups excluding carboxylic acids is 1. The summed E-state index contributed by atoms with van der Waals surface area (Å²) in [6, 6.07) is 8.06. The topological polar surface area (TPSA) is 41.6 Å². The average Bonchev–Trinajstić information content (AvgIpc) is 2.50. The largest absolute Gasteiger partial charge is 0.481 e. The summed E-state index contributed by atoms with van der Waals surface area (Å²) in [7, 11) is 0. The molecule has 1 heterocycles. The third-order valence-electron chi connectivity index (χ3n) is 4.08. The van der Waals surface area contributed by atoms with E-state index in [2.05, 4.69) is 17.1 Å². The monoisotopic (exact) mass is 290 g/mol. The zero-order valence-electron chi connectivity index (χ0n) is 13.3. The van der Waals surface area contributed by atoms with Gasteiger partial charge in [-0.1, -0.05) is 24.6 Å². The molecule has 1 atom stereocenters. The molecule has 2 rings (SSSR count). The maximum atomic E-state index is 12.2. The number of hydrogen-bond donors (Lipinski definition) is 1. The highest BCUT2D eigenvalue weighted by atomic mass is 16.5. The highest BCUT2D eigenvalue weighted by Crippen LogP contribution is 2.14. The van der Waals surface area contributed by atoms with Crippen LogP contribution < -0.4 is 10.1 Å². The molecule has 1 amide bonds. The van der Waals surface area contributed by atoms with Gasteiger partial charge in [-0.05, 0) is 45.4 Å². The first kappa shape index (κ1) is 15.8. The van der Waals surface area contributed by atoms with E-state index in [0.29, 0.717) is 0 Å². The Balaban J connectivity index is 1.78. The molecule has 0 aliphatic carbocycles. The normalized spacial score (nSPS) is 18.2. The molecule has 0 radical (unpaired) electrons. The second-order valence-electron chi connectivity index (χ2n) is 5.79. The lowest BCUT2D eigenvalue weighted by Gasteiger charge is -2.32. The van der Waals surface area contributed by atoms with Gasteiger partial charge in [0.05, 0.1) is 0 Å². The van der Waals surface area contributed by atoms with Crippen LogP contribution >= 0.6 is 0 Å². The summed E-state index contributed by atoms with van der Waals surface area (Å²) in [4.78, 5) is 14.6. The van der Waals surface area contributed by atoms with Crippen LogP contribution in [0.2, 0.25) is 0 Å². The third-order valence-corrected chi connectivity index (χ3v) is 4.08. The van der Waals surface area contributed by atoms with Gasteiger partial charge in [-0.3, -0.25) is 4.79 Å². The molecule has 1 fully saturated rings. The van der Waals surface area contributed by atoms with E-state index in [1.165, 1.54) is 5.56 Å². The lowest BCUT2D eigenvalue weighted by Crippen LogP contribution is -2.48. The Labute approximate surface area is 127 Å². The number of likely N-dealkylation sites (tertiary alicyclic amines) is 1. The SMILES string of the molecule is CCN1CCC(NC(=O)C(C)Oc2ccc(C)cc2)CC1. The number of benzene rings is 1. The Hall–Kier alpha value is -1.55. The standard InChI is InChI=1S/C17H26N2O2/c1-4-19-11-9-15(10-12-19)18-17(20)14(3)21-16-7-5-13(2)6-8-16/h5-8,14-15H,4,9-12H2,1-3H3,(H,18,20). The number of amides is 1. The molecule has 0 aromatic heterocycles. The van der Waals surface area contributed by atoms with Crippen molar-refractivity contribution in [3.05, 3.63) is 29.8 Å². The minimum Gasteiger partial charge on any atom is -0.481 e. The van der Waals surface area contributed by atoms with E-state index in [4.69, 9.17) is 4.74 Å². The molecular weight excluding hydrogens is 264 g/mol. The quantitative estimate of drug-likeness (QED) is 0.905. The fourth-order valence-corrected chi connectivity index (χ4v) is 2.59. The van der Waals surface area contributed by atoms with Crippen molar-refractivity contribution in [3.63, 3.8) is 0 Å². The Bertz CT molecular complexity index is 450. The lowest BCUT2D eigenvalue weighted by atomic mass is 10.0. The van der Waals surface area contributed by atoms with Crippen molar-refractivity contribution in [3.8, 4) is 5.75 Å². The van der Waals surface area contributed by atoms with E-state index >= 15 is 0 Å². The van der Waals surface area contributed by atoms with Gasteiger partial charge in [0.2, 0.25) is 0 Å². The van der Waals surface area contributed by atoms with E-state index in [1.807, 2.05) is 31.2 Å². The lowest BCUT2D eigenvalue weighted by molar-refractivity contribution is -0.128. The zero-order chi connectivity index (χ0) is 15.2. The molecule has 0 spiro atoms. The summed E-state index contributed by atoms with van der Waals surface area (Å²) in [5, 5.41) is 3.10. The summed E-state index contributed by atoms with van der Waals surface area (Å²) in [5.41, 5.74) is 1.18. The molecule has 4 heteroatoms. The van der Waals surface area contributed by atoms with Crippen LogP contribution in [0.1, 0.15) is 32.3 Å². The predicted molar refractivity (Wildman–Crippen MR) is 84.5 cm³/mol. The number of rotatable bonds is 5. The van der Waals surface area contributed by atoms with Crippen LogP contribution in [0.15, 0.2) is 24.3 Å². The molecule has 21 heavy (non-hydrogen) atoms. The molecule has 0 saturated carbocycles. The van der Waals surface area contributed by atoms with Crippen LogP contribution in [0.25, 0.3) is 0 Å². The Morgan fingerprint density at radius 2 is 1.95 bits per heavy atom. The van der Waals surface area contributed by atoms with Gasteiger partial charge in [0.25, 0.3) is 5.91 Å². The second kappa shape index (κ2) is 7.46. The van der Waals surface area contributed by atoms with Gasteiger partial charge >= 0.3 is 0 Å². The number of hydrogen-bond acceptors (Lipinski definition) is 3. The molecular formula is C17H26N2O2. The number of nitrogens with one attached hydrogen (secondary N) is 1. The van der Waals surface area contributed by atoms with Crippen molar-refractivity contribution in [2.75, 3.05) is 19.6 Å². The van der Waals surface area contributed by atoms with Crippen molar-refractivity contribution in [1.29, 1.82) is 0 Å². The first-order valence-electron chi connectivity index (χ1n) is 7.84. The highest BCUT2D eigenvalue weighted by molar-refractivity contribution is 5.81. The number of piperidine rings is 1. The van der Waals surface area contributed by atoms with Crippen LogP contribution in [0.3, 0.4) is 0 Å². The molecule has 1 N–H and O–H groups in total. The van der Waals surface area contributed by atoms with E-state index < -0.39 is 6.10 Å². The first-order valence-corrected chi connectivity index (χ1v) is 7.84. The molecule has 1 saturated heterocycles. The van der Waals surface area contributed by atoms with Crippen molar-refractivity contribution in [2.24, 2.45) is 0 Å². The molecule has 1 aliphatic rings. The second-order valence-corrected chi connectivity index (χ2v) is 5.79. The number of ether oxygens (including phenoxy) is 1. The summed E-state index contributed by atoms with van der Waals surface area (Å²) in [5.74, 6) is 0.717. The smallest absolute Gasteiger partial charge is 0.260 e. The van der Waals surface area contributed by atoms with Gasteiger partial charge in [-0.15, -0.1) is 0 Å². The number of carbonyl (C=O) groups is 1. The van der Waals surface area contributed by atoms with Crippen LogP contribution in [-0.2, 0) is 4.79 Å². The Kier molecular flexibility index (Phi) is 5.62. The van der Waals surface area contributed by atoms with Crippen LogP contribution in [0.5, 0.6) is 5.75 Å². The van der Waals surface area contributed by atoms with Gasteiger partial charge in [0.1, 0.15) is 5.75 Å². The highest BCUT2D eigenvalue weighted by Gasteiger charge is 2.22. The minimum atomic E-state index is -0.461. The van der Waals surface area contributed by atoms with Gasteiger partial charge in [-0.25, -0.2) is 0 Å². The molecule has 0 bridgehead atoms. The molecule has 1 unspecified atom stereocenters. The van der Waals surface area contributed by atoms with E-state index in [-0.39, 0.29) is 11.9 Å². The molecule has 1 aromatic rings. The molecule has 116 valence electrons. The molecule has 1 aliphatic heterocycles. The fourth-order valence-electron chi connectivity index (χ4n) is 2.59. The fraction of sp³-hybridized carbons (Fsp3) is 0.588. The van der Waals surface area contributed by atoms with Crippen molar-refractivity contribution >= 4 is 5.91 Å². The van der Waals surface area contributed by atoms with E-state index in [0.717, 1.165) is 38.2 Å². The van der Waals surface area contributed by atoms with Crippen molar-refractivity contribution in [2.45, 2.75) is 45.8 Å².